The van der Waals surface area contributed by atoms with Gasteiger partial charge in [0.25, 0.3) is 0 Å². The smallest absolute Gasteiger partial charge is 0.242 e. The summed E-state index contributed by atoms with van der Waals surface area (Å²) in [6, 6.07) is 3.14. The number of nitrogens with two attached hydrogens (primary N) is 1. The third-order valence-corrected chi connectivity index (χ3v) is 3.76. The van der Waals surface area contributed by atoms with Crippen molar-refractivity contribution in [2.24, 2.45) is 0 Å². The van der Waals surface area contributed by atoms with Crippen LogP contribution in [0.5, 0.6) is 0 Å². The van der Waals surface area contributed by atoms with Crippen molar-refractivity contribution in [2.75, 3.05) is 5.73 Å². The second-order valence-corrected chi connectivity index (χ2v) is 5.35. The number of nitrogens with zero attached hydrogens (tertiary/aromatic N) is 1. The molecule has 0 saturated carbocycles. The van der Waals surface area contributed by atoms with Crippen LogP contribution in [-0.2, 0) is 16.6 Å². The normalized spacial score (nSPS) is 11.6. The molecule has 0 saturated heterocycles. The van der Waals surface area contributed by atoms with Gasteiger partial charge in [-0.05, 0) is 18.2 Å². The van der Waals surface area contributed by atoms with Gasteiger partial charge in [-0.15, -0.1) is 0 Å². The van der Waals surface area contributed by atoms with E-state index in [2.05, 4.69) is 14.9 Å². The Bertz CT molecular complexity index is 640. The molecule has 18 heavy (non-hydrogen) atoms. The Morgan fingerprint density at radius 2 is 2.22 bits per heavy atom. The maximum Gasteiger partial charge on any atom is 0.242 e. The molecule has 0 spiro atoms. The average molecular weight is 270 g/mol. The van der Waals surface area contributed by atoms with Crippen molar-refractivity contribution in [2.45, 2.75) is 11.4 Å². The number of sulfonamides is 1. The van der Waals surface area contributed by atoms with E-state index in [1.807, 2.05) is 0 Å². The van der Waals surface area contributed by atoms with Crippen LogP contribution < -0.4 is 10.5 Å². The molecule has 0 radical (unpaired) electrons. The fourth-order valence-electron chi connectivity index (χ4n) is 1.39. The van der Waals surface area contributed by atoms with Gasteiger partial charge < -0.3 is 5.73 Å². The number of anilines is 1. The van der Waals surface area contributed by atoms with Crippen LogP contribution in [0.3, 0.4) is 0 Å². The monoisotopic (exact) mass is 270 g/mol. The lowest BCUT2D eigenvalue weighted by Gasteiger charge is -2.08. The van der Waals surface area contributed by atoms with Crippen molar-refractivity contribution in [1.29, 1.82) is 0 Å². The molecule has 0 bridgehead atoms. The molecule has 6 nitrogen and oxygen atoms in total. The molecule has 2 rings (SSSR count). The molecule has 8 heteroatoms. The van der Waals surface area contributed by atoms with Crippen LogP contribution in [0.4, 0.5) is 10.1 Å². The molecule has 0 atom stereocenters. The summed E-state index contributed by atoms with van der Waals surface area (Å²) in [6.45, 7) is 0.0790. The van der Waals surface area contributed by atoms with E-state index in [9.17, 15) is 12.8 Å². The highest BCUT2D eigenvalue weighted by Crippen LogP contribution is 2.19. The zero-order chi connectivity index (χ0) is 13.2. The number of benzene rings is 1. The predicted molar refractivity (Wildman–Crippen MR) is 63.4 cm³/mol. The van der Waals surface area contributed by atoms with E-state index < -0.39 is 15.8 Å². The van der Waals surface area contributed by atoms with Crippen molar-refractivity contribution in [3.8, 4) is 0 Å². The van der Waals surface area contributed by atoms with Crippen molar-refractivity contribution >= 4 is 15.7 Å². The molecule has 0 unspecified atom stereocenters. The average Bonchev–Trinajstić information content (AvgIpc) is 2.78. The molecule has 0 aliphatic carbocycles. The Morgan fingerprint density at radius 1 is 1.44 bits per heavy atom. The quantitative estimate of drug-likeness (QED) is 0.708. The maximum absolute atomic E-state index is 12.8. The highest BCUT2D eigenvalue weighted by Gasteiger charge is 2.17. The molecule has 96 valence electrons. The molecule has 1 heterocycles. The van der Waals surface area contributed by atoms with Gasteiger partial charge in [0.2, 0.25) is 10.0 Å². The summed E-state index contributed by atoms with van der Waals surface area (Å²) in [5.41, 5.74) is 6.03. The Labute approximate surface area is 103 Å². The molecule has 1 aromatic heterocycles. The van der Waals surface area contributed by atoms with Crippen LogP contribution in [0.15, 0.2) is 35.5 Å². The highest BCUT2D eigenvalue weighted by molar-refractivity contribution is 7.89. The van der Waals surface area contributed by atoms with Gasteiger partial charge in [0, 0.05) is 18.3 Å². The Morgan fingerprint density at radius 3 is 2.83 bits per heavy atom. The second kappa shape index (κ2) is 4.75. The summed E-state index contributed by atoms with van der Waals surface area (Å²) in [7, 11) is -3.77. The minimum atomic E-state index is -3.77. The van der Waals surface area contributed by atoms with Crippen LogP contribution in [0.1, 0.15) is 5.56 Å². The number of rotatable bonds is 4. The Hall–Kier alpha value is -1.93. The first-order valence-corrected chi connectivity index (χ1v) is 6.50. The van der Waals surface area contributed by atoms with Crippen molar-refractivity contribution < 1.29 is 12.8 Å². The summed E-state index contributed by atoms with van der Waals surface area (Å²) in [6.07, 6.45) is 3.06. The molecule has 1 aromatic carbocycles. The van der Waals surface area contributed by atoms with Gasteiger partial charge >= 0.3 is 0 Å². The van der Waals surface area contributed by atoms with Gasteiger partial charge in [0.1, 0.15) is 10.7 Å². The SMILES string of the molecule is Nc1cc(F)ccc1S(=O)(=O)NCc1cn[nH]c1. The molecule has 2 aromatic rings. The lowest BCUT2D eigenvalue weighted by molar-refractivity contribution is 0.581. The number of aromatic nitrogens is 2. The van der Waals surface area contributed by atoms with Crippen molar-refractivity contribution in [3.05, 3.63) is 42.0 Å². The maximum atomic E-state index is 12.8. The van der Waals surface area contributed by atoms with Crippen LogP contribution in [0.2, 0.25) is 0 Å². The third kappa shape index (κ3) is 2.66. The first-order valence-electron chi connectivity index (χ1n) is 5.01. The predicted octanol–water partition coefficient (Wildman–Crippen LogP) is 0.609. The van der Waals surface area contributed by atoms with E-state index in [1.54, 1.807) is 6.20 Å². The number of hydrogen-bond donors (Lipinski definition) is 3. The summed E-state index contributed by atoms with van der Waals surface area (Å²) in [5, 5.41) is 6.26. The van der Waals surface area contributed by atoms with Gasteiger partial charge in [-0.2, -0.15) is 5.10 Å². The van der Waals surface area contributed by atoms with Gasteiger partial charge in [-0.1, -0.05) is 0 Å². The van der Waals surface area contributed by atoms with Gasteiger partial charge in [0.15, 0.2) is 0 Å². The Kier molecular flexibility index (Phi) is 3.30. The van der Waals surface area contributed by atoms with Crippen molar-refractivity contribution in [3.63, 3.8) is 0 Å². The number of nitrogens with one attached hydrogen (secondary N) is 2. The van der Waals surface area contributed by atoms with Crippen molar-refractivity contribution in [1.82, 2.24) is 14.9 Å². The molecular formula is C10H11FN4O2S. The third-order valence-electron chi connectivity index (χ3n) is 2.28. The fraction of sp³-hybridized carbons (Fsp3) is 0.100. The summed E-state index contributed by atoms with van der Waals surface area (Å²) >= 11 is 0. The number of H-pyrrole nitrogens is 1. The standard InChI is InChI=1S/C10H11FN4O2S/c11-8-1-2-10(9(12)3-8)18(16,17)15-6-7-4-13-14-5-7/h1-5,15H,6,12H2,(H,13,14). The van der Waals surface area contributed by atoms with Crippen LogP contribution in [0.25, 0.3) is 0 Å². The van der Waals surface area contributed by atoms with E-state index in [4.69, 9.17) is 5.73 Å². The van der Waals surface area contributed by atoms with Gasteiger partial charge in [0.05, 0.1) is 11.9 Å². The molecular weight excluding hydrogens is 259 g/mol. The van der Waals surface area contributed by atoms with Crippen LogP contribution in [0, 0.1) is 5.82 Å². The topological polar surface area (TPSA) is 101 Å². The minimum Gasteiger partial charge on any atom is -0.398 e. The van der Waals surface area contributed by atoms with E-state index in [0.717, 1.165) is 18.2 Å². The fourth-order valence-corrected chi connectivity index (χ4v) is 2.52. The van der Waals surface area contributed by atoms with Crippen LogP contribution in [-0.4, -0.2) is 18.6 Å². The molecule has 0 aliphatic rings. The summed E-state index contributed by atoms with van der Waals surface area (Å²) in [4.78, 5) is -0.146. The largest absolute Gasteiger partial charge is 0.398 e. The van der Waals surface area contributed by atoms with Gasteiger partial charge in [-0.3, -0.25) is 5.10 Å². The zero-order valence-corrected chi connectivity index (χ0v) is 10.0. The first kappa shape index (κ1) is 12.5. The number of halogens is 1. The number of nitrogen functional groups attached to an aromatic ring is 1. The van der Waals surface area contributed by atoms with E-state index in [0.29, 0.717) is 5.56 Å². The van der Waals surface area contributed by atoms with Crippen LogP contribution >= 0.6 is 0 Å². The molecule has 0 amide bonds. The molecule has 0 aliphatic heterocycles. The second-order valence-electron chi connectivity index (χ2n) is 3.61. The van der Waals surface area contributed by atoms with E-state index >= 15 is 0 Å². The van der Waals surface area contributed by atoms with E-state index in [1.165, 1.54) is 6.20 Å². The molecule has 4 N–H and O–H groups in total. The zero-order valence-electron chi connectivity index (χ0n) is 9.22. The summed E-state index contributed by atoms with van der Waals surface area (Å²) < 4.78 is 39.0. The summed E-state index contributed by atoms with van der Waals surface area (Å²) in [5.74, 6) is -0.582. The lowest BCUT2D eigenvalue weighted by atomic mass is 10.3. The number of aromatic amines is 1. The lowest BCUT2D eigenvalue weighted by Crippen LogP contribution is -2.24. The minimum absolute atomic E-state index is 0.0790. The van der Waals surface area contributed by atoms with E-state index in [-0.39, 0.29) is 17.1 Å². The molecule has 0 fully saturated rings. The Balaban J connectivity index is 2.20. The number of hydrogen-bond acceptors (Lipinski definition) is 4. The first-order chi connectivity index (χ1) is 8.49. The van der Waals surface area contributed by atoms with Gasteiger partial charge in [-0.25, -0.2) is 17.5 Å². The highest BCUT2D eigenvalue weighted by atomic mass is 32.2.